The fourth-order valence-electron chi connectivity index (χ4n) is 2.99. The lowest BCUT2D eigenvalue weighted by molar-refractivity contribution is -0.490. The lowest BCUT2D eigenvalue weighted by Gasteiger charge is -2.34. The van der Waals surface area contributed by atoms with Crippen LogP contribution in [0.25, 0.3) is 0 Å². The minimum Gasteiger partial charge on any atom is -0.423 e. The Morgan fingerprint density at radius 2 is 2.15 bits per heavy atom. The molecule has 8 nitrogen and oxygen atoms in total. The smallest absolute Gasteiger partial charge is 0.423 e. The second-order valence-electron chi connectivity index (χ2n) is 7.41. The number of nitrogens with zero attached hydrogens (tertiary/aromatic N) is 2. The SMILES string of the molecule is CCCCN(C(=O)Oc1ccc(Cl)c2c1B(O)OC2C[N+](=O)[O-])C(C)(C)C. The third kappa shape index (κ3) is 4.91. The Bertz CT molecular complexity index is 724. The molecule has 27 heavy (non-hydrogen) atoms. The topological polar surface area (TPSA) is 102 Å². The van der Waals surface area contributed by atoms with Crippen LogP contribution in [0.5, 0.6) is 5.75 Å². The number of carbonyl (C=O) groups is 1. The number of halogens is 1. The monoisotopic (exact) mass is 398 g/mol. The molecule has 0 saturated heterocycles. The number of unbranched alkanes of at least 4 members (excludes halogenated alkanes) is 1. The van der Waals surface area contributed by atoms with Crippen molar-refractivity contribution < 1.29 is 24.1 Å². The zero-order chi connectivity index (χ0) is 20.4. The second kappa shape index (κ2) is 8.45. The summed E-state index contributed by atoms with van der Waals surface area (Å²) in [7, 11) is -1.45. The van der Waals surface area contributed by atoms with Crippen molar-refractivity contribution in [1.82, 2.24) is 4.90 Å². The summed E-state index contributed by atoms with van der Waals surface area (Å²) in [6, 6.07) is 2.94. The van der Waals surface area contributed by atoms with Crippen LogP contribution in [0.1, 0.15) is 52.2 Å². The van der Waals surface area contributed by atoms with E-state index in [1.54, 1.807) is 4.90 Å². The van der Waals surface area contributed by atoms with Gasteiger partial charge in [0.2, 0.25) is 6.54 Å². The summed E-state index contributed by atoms with van der Waals surface area (Å²) >= 11 is 6.16. The van der Waals surface area contributed by atoms with Gasteiger partial charge in [-0.15, -0.1) is 0 Å². The quantitative estimate of drug-likeness (QED) is 0.449. The summed E-state index contributed by atoms with van der Waals surface area (Å²) in [4.78, 5) is 24.7. The predicted molar refractivity (Wildman–Crippen MR) is 102 cm³/mol. The normalized spacial score (nSPS) is 16.2. The van der Waals surface area contributed by atoms with Gasteiger partial charge in [0.15, 0.2) is 0 Å². The van der Waals surface area contributed by atoms with Gasteiger partial charge in [0.1, 0.15) is 11.9 Å². The fraction of sp³-hybridized carbons (Fsp3) is 0.588. The first kappa shape index (κ1) is 21.5. The molecule has 1 aromatic carbocycles. The van der Waals surface area contributed by atoms with Gasteiger partial charge < -0.3 is 19.3 Å². The van der Waals surface area contributed by atoms with Crippen molar-refractivity contribution in [3.8, 4) is 5.75 Å². The van der Waals surface area contributed by atoms with E-state index in [1.165, 1.54) is 12.1 Å². The summed E-state index contributed by atoms with van der Waals surface area (Å²) in [5.74, 6) is 0.0866. The van der Waals surface area contributed by atoms with Gasteiger partial charge in [-0.05, 0) is 39.3 Å². The Balaban J connectivity index is 2.33. The van der Waals surface area contributed by atoms with E-state index in [2.05, 4.69) is 0 Å². The molecule has 1 atom stereocenters. The van der Waals surface area contributed by atoms with E-state index in [0.29, 0.717) is 6.54 Å². The Labute approximate surface area is 163 Å². The second-order valence-corrected chi connectivity index (χ2v) is 7.82. The van der Waals surface area contributed by atoms with E-state index in [9.17, 15) is 19.9 Å². The first-order chi connectivity index (χ1) is 12.6. The van der Waals surface area contributed by atoms with Crippen molar-refractivity contribution in [2.75, 3.05) is 13.1 Å². The number of hydrogen-bond acceptors (Lipinski definition) is 6. The van der Waals surface area contributed by atoms with Crippen LogP contribution < -0.4 is 10.2 Å². The fourth-order valence-corrected chi connectivity index (χ4v) is 3.27. The highest BCUT2D eigenvalue weighted by atomic mass is 35.5. The van der Waals surface area contributed by atoms with Crippen LogP contribution in [0.15, 0.2) is 12.1 Å². The average molecular weight is 399 g/mol. The van der Waals surface area contributed by atoms with Crippen LogP contribution in [0.4, 0.5) is 4.79 Å². The highest BCUT2D eigenvalue weighted by Gasteiger charge is 2.42. The number of rotatable bonds is 6. The molecule has 10 heteroatoms. The lowest BCUT2D eigenvalue weighted by Crippen LogP contribution is -2.48. The van der Waals surface area contributed by atoms with Crippen LogP contribution in [-0.4, -0.2) is 46.7 Å². The van der Waals surface area contributed by atoms with Gasteiger partial charge in [-0.1, -0.05) is 24.9 Å². The maximum atomic E-state index is 12.8. The molecule has 0 fully saturated rings. The predicted octanol–water partition coefficient (Wildman–Crippen LogP) is 2.77. The van der Waals surface area contributed by atoms with Gasteiger partial charge in [-0.2, -0.15) is 0 Å². The van der Waals surface area contributed by atoms with E-state index in [1.807, 2.05) is 27.7 Å². The Kier molecular flexibility index (Phi) is 6.72. The van der Waals surface area contributed by atoms with Crippen LogP contribution in [0, 0.1) is 10.1 Å². The number of fused-ring (bicyclic) bond motifs is 1. The maximum Gasteiger partial charge on any atom is 0.496 e. The average Bonchev–Trinajstić information content (AvgIpc) is 2.86. The number of benzene rings is 1. The Morgan fingerprint density at radius 1 is 1.48 bits per heavy atom. The summed E-state index contributed by atoms with van der Waals surface area (Å²) in [5.41, 5.74) is -0.0143. The minimum absolute atomic E-state index is 0.0866. The molecule has 0 radical (unpaired) electrons. The highest BCUT2D eigenvalue weighted by molar-refractivity contribution is 6.63. The van der Waals surface area contributed by atoms with Gasteiger partial charge in [0.05, 0.1) is 0 Å². The van der Waals surface area contributed by atoms with Crippen molar-refractivity contribution in [3.63, 3.8) is 0 Å². The summed E-state index contributed by atoms with van der Waals surface area (Å²) in [6.07, 6.45) is 0.174. The summed E-state index contributed by atoms with van der Waals surface area (Å²) in [5, 5.41) is 21.3. The molecule has 0 bridgehead atoms. The van der Waals surface area contributed by atoms with Crippen molar-refractivity contribution in [2.45, 2.75) is 52.2 Å². The molecular weight excluding hydrogens is 374 g/mol. The third-order valence-electron chi connectivity index (χ3n) is 4.33. The molecule has 1 aliphatic rings. The first-order valence-corrected chi connectivity index (χ1v) is 9.21. The molecular formula is C17H24BClN2O6. The van der Waals surface area contributed by atoms with Crippen molar-refractivity contribution in [3.05, 3.63) is 32.8 Å². The highest BCUT2D eigenvalue weighted by Crippen LogP contribution is 2.34. The minimum atomic E-state index is -1.45. The molecule has 1 heterocycles. The lowest BCUT2D eigenvalue weighted by atomic mass is 9.78. The van der Waals surface area contributed by atoms with Crippen LogP contribution in [0.3, 0.4) is 0 Å². The van der Waals surface area contributed by atoms with Gasteiger partial charge in [-0.3, -0.25) is 10.1 Å². The van der Waals surface area contributed by atoms with Crippen molar-refractivity contribution in [2.24, 2.45) is 0 Å². The zero-order valence-corrected chi connectivity index (χ0v) is 16.7. The van der Waals surface area contributed by atoms with Crippen LogP contribution >= 0.6 is 11.6 Å². The molecule has 0 aliphatic carbocycles. The van der Waals surface area contributed by atoms with Gasteiger partial charge >= 0.3 is 13.2 Å². The standard InChI is InChI=1S/C17H24BClN2O6/c1-5-6-9-20(17(2,3)4)16(22)26-12-8-7-11(19)14-13(10-21(24)25)27-18(23)15(12)14/h7-8,13,23H,5-6,9-10H2,1-4H3. The van der Waals surface area contributed by atoms with Gasteiger partial charge in [0.25, 0.3) is 0 Å². The molecule has 1 aliphatic heterocycles. The first-order valence-electron chi connectivity index (χ1n) is 8.83. The third-order valence-corrected chi connectivity index (χ3v) is 4.66. The Hall–Kier alpha value is -1.84. The van der Waals surface area contributed by atoms with Crippen molar-refractivity contribution >= 4 is 30.3 Å². The molecule has 1 amide bonds. The molecule has 0 spiro atoms. The largest absolute Gasteiger partial charge is 0.496 e. The number of nitro groups is 1. The maximum absolute atomic E-state index is 12.8. The number of carbonyl (C=O) groups excluding carboxylic acids is 1. The van der Waals surface area contributed by atoms with E-state index in [-0.39, 0.29) is 21.8 Å². The molecule has 1 aromatic rings. The molecule has 1 N–H and O–H groups in total. The number of ether oxygens (including phenoxy) is 1. The van der Waals surface area contributed by atoms with Crippen LogP contribution in [-0.2, 0) is 4.65 Å². The van der Waals surface area contributed by atoms with E-state index >= 15 is 0 Å². The summed E-state index contributed by atoms with van der Waals surface area (Å²) < 4.78 is 10.8. The molecule has 2 rings (SSSR count). The number of hydrogen-bond donors (Lipinski definition) is 1. The molecule has 148 valence electrons. The van der Waals surface area contributed by atoms with E-state index in [4.69, 9.17) is 21.0 Å². The van der Waals surface area contributed by atoms with Crippen molar-refractivity contribution in [1.29, 1.82) is 0 Å². The molecule has 0 aromatic heterocycles. The zero-order valence-electron chi connectivity index (χ0n) is 15.9. The number of amides is 1. The molecule has 1 unspecified atom stereocenters. The van der Waals surface area contributed by atoms with E-state index < -0.39 is 36.3 Å². The molecule has 0 saturated carbocycles. The van der Waals surface area contributed by atoms with Crippen LogP contribution in [0.2, 0.25) is 5.02 Å². The van der Waals surface area contributed by atoms with Gasteiger partial charge in [-0.25, -0.2) is 4.79 Å². The summed E-state index contributed by atoms with van der Waals surface area (Å²) in [6.45, 7) is 7.72. The Morgan fingerprint density at radius 3 is 2.70 bits per heavy atom. The van der Waals surface area contributed by atoms with E-state index in [0.717, 1.165) is 12.8 Å². The van der Waals surface area contributed by atoms with Gasteiger partial charge in [0, 0.05) is 33.1 Å².